The lowest BCUT2D eigenvalue weighted by Gasteiger charge is -2.32. The van der Waals surface area contributed by atoms with Crippen LogP contribution in [0.3, 0.4) is 0 Å². The summed E-state index contributed by atoms with van der Waals surface area (Å²) in [4.78, 5) is 58.5. The van der Waals surface area contributed by atoms with Crippen LogP contribution < -0.4 is 5.56 Å². The zero-order chi connectivity index (χ0) is 21.2. The van der Waals surface area contributed by atoms with Crippen LogP contribution in [-0.2, 0) is 15.0 Å². The highest BCUT2D eigenvalue weighted by Gasteiger charge is 2.30. The number of carbonyl (C=O) groups is 3. The molecule has 1 aliphatic heterocycles. The summed E-state index contributed by atoms with van der Waals surface area (Å²) in [5.41, 5.74) is -0.694. The summed E-state index contributed by atoms with van der Waals surface area (Å²) in [6.45, 7) is 7.67. The van der Waals surface area contributed by atoms with Gasteiger partial charge in [-0.1, -0.05) is 20.8 Å². The number of likely N-dealkylation sites (tertiary alicyclic amines) is 1. The van der Waals surface area contributed by atoms with Crippen LogP contribution in [0.15, 0.2) is 4.79 Å². The summed E-state index contributed by atoms with van der Waals surface area (Å²) in [5.74, 6) is -1.95. The van der Waals surface area contributed by atoms with Gasteiger partial charge in [-0.05, 0) is 19.8 Å². The maximum Gasteiger partial charge on any atom is 0.308 e. The van der Waals surface area contributed by atoms with Crippen LogP contribution in [0.1, 0.15) is 55.5 Å². The minimum Gasteiger partial charge on any atom is -0.481 e. The van der Waals surface area contributed by atoms with Gasteiger partial charge in [0, 0.05) is 25.6 Å². The van der Waals surface area contributed by atoms with Crippen molar-refractivity contribution in [2.45, 2.75) is 46.0 Å². The van der Waals surface area contributed by atoms with Crippen molar-refractivity contribution in [1.29, 1.82) is 0 Å². The second kappa shape index (κ2) is 8.12. The molecule has 0 aliphatic carbocycles. The second-order valence-corrected chi connectivity index (χ2v) is 8.30. The lowest BCUT2D eigenvalue weighted by atomic mass is 9.95. The van der Waals surface area contributed by atoms with Crippen molar-refractivity contribution < 1.29 is 19.5 Å². The molecule has 1 unspecified atom stereocenters. The van der Waals surface area contributed by atoms with Gasteiger partial charge in [-0.3, -0.25) is 19.2 Å². The Labute approximate surface area is 163 Å². The van der Waals surface area contributed by atoms with E-state index < -0.39 is 23.4 Å². The fourth-order valence-corrected chi connectivity index (χ4v) is 3.16. The van der Waals surface area contributed by atoms with Crippen molar-refractivity contribution in [2.75, 3.05) is 26.7 Å². The van der Waals surface area contributed by atoms with E-state index in [0.717, 1.165) is 0 Å². The Kier molecular flexibility index (Phi) is 6.26. The number of piperidine rings is 1. The highest BCUT2D eigenvalue weighted by molar-refractivity contribution is 5.96. The molecule has 0 radical (unpaired) electrons. The molecule has 0 bridgehead atoms. The number of aromatic amines is 1. The highest BCUT2D eigenvalue weighted by Crippen LogP contribution is 2.19. The van der Waals surface area contributed by atoms with Gasteiger partial charge in [-0.15, -0.1) is 0 Å². The number of carboxylic acid groups (broad SMARTS) is 1. The van der Waals surface area contributed by atoms with Gasteiger partial charge in [-0.25, -0.2) is 4.98 Å². The average Bonchev–Trinajstić information content (AvgIpc) is 2.60. The number of carboxylic acids is 1. The Balaban J connectivity index is 2.14. The van der Waals surface area contributed by atoms with Gasteiger partial charge in [-0.2, -0.15) is 0 Å². The topological polar surface area (TPSA) is 124 Å². The van der Waals surface area contributed by atoms with Crippen LogP contribution in [0.25, 0.3) is 0 Å². The third-order valence-electron chi connectivity index (χ3n) is 4.87. The molecule has 154 valence electrons. The molecule has 2 heterocycles. The van der Waals surface area contributed by atoms with Crippen molar-refractivity contribution >= 4 is 17.8 Å². The average molecular weight is 392 g/mol. The Morgan fingerprint density at radius 1 is 1.32 bits per heavy atom. The number of carbonyl (C=O) groups excluding carboxylic acids is 2. The second-order valence-electron chi connectivity index (χ2n) is 8.30. The normalized spacial score (nSPS) is 17.3. The van der Waals surface area contributed by atoms with E-state index in [1.54, 1.807) is 6.92 Å². The summed E-state index contributed by atoms with van der Waals surface area (Å²) >= 11 is 0. The molecule has 2 amide bonds. The monoisotopic (exact) mass is 392 g/mol. The lowest BCUT2D eigenvalue weighted by molar-refractivity contribution is -0.145. The number of nitrogens with zero attached hydrogens (tertiary/aromatic N) is 3. The Morgan fingerprint density at radius 3 is 2.50 bits per heavy atom. The molecule has 1 aliphatic rings. The maximum absolute atomic E-state index is 12.7. The molecule has 2 N–H and O–H groups in total. The molecular weight excluding hydrogens is 364 g/mol. The van der Waals surface area contributed by atoms with Crippen LogP contribution in [-0.4, -0.2) is 69.3 Å². The van der Waals surface area contributed by atoms with E-state index in [1.165, 1.54) is 16.8 Å². The van der Waals surface area contributed by atoms with Gasteiger partial charge in [0.2, 0.25) is 5.91 Å². The number of aliphatic carboxylic acids is 1. The number of aryl methyl sites for hydroxylation is 1. The summed E-state index contributed by atoms with van der Waals surface area (Å²) in [7, 11) is 1.44. The van der Waals surface area contributed by atoms with Crippen LogP contribution >= 0.6 is 0 Å². The van der Waals surface area contributed by atoms with Crippen molar-refractivity contribution in [3.63, 3.8) is 0 Å². The Bertz CT molecular complexity index is 840. The zero-order valence-electron chi connectivity index (χ0n) is 17.0. The van der Waals surface area contributed by atoms with Crippen molar-refractivity contribution in [1.82, 2.24) is 19.8 Å². The van der Waals surface area contributed by atoms with E-state index >= 15 is 0 Å². The minimum absolute atomic E-state index is 0.0923. The predicted octanol–water partition coefficient (Wildman–Crippen LogP) is 0.771. The molecule has 28 heavy (non-hydrogen) atoms. The Morgan fingerprint density at radius 2 is 1.96 bits per heavy atom. The van der Waals surface area contributed by atoms with Gasteiger partial charge in [0.1, 0.15) is 11.4 Å². The molecule has 0 saturated carbocycles. The molecule has 0 aromatic carbocycles. The molecule has 0 spiro atoms. The number of nitrogens with one attached hydrogen (secondary N) is 1. The quantitative estimate of drug-likeness (QED) is 0.780. The number of likely N-dealkylation sites (N-methyl/N-ethyl adjacent to an activating group) is 1. The van der Waals surface area contributed by atoms with Gasteiger partial charge in [0.25, 0.3) is 11.5 Å². The first-order chi connectivity index (χ1) is 12.9. The fourth-order valence-electron chi connectivity index (χ4n) is 3.16. The largest absolute Gasteiger partial charge is 0.481 e. The number of hydrogen-bond acceptors (Lipinski definition) is 5. The van der Waals surface area contributed by atoms with E-state index in [2.05, 4.69) is 9.97 Å². The molecule has 9 heteroatoms. The number of amides is 2. The first kappa shape index (κ1) is 21.6. The molecule has 9 nitrogen and oxygen atoms in total. The highest BCUT2D eigenvalue weighted by atomic mass is 16.4. The lowest BCUT2D eigenvalue weighted by Crippen LogP contribution is -2.47. The Hall–Kier alpha value is -2.71. The molecular formula is C19H28N4O5. The van der Waals surface area contributed by atoms with Crippen molar-refractivity contribution in [3.8, 4) is 0 Å². The smallest absolute Gasteiger partial charge is 0.308 e. The molecule has 1 aromatic rings. The molecule has 1 atom stereocenters. The molecule has 1 saturated heterocycles. The maximum atomic E-state index is 12.7. The summed E-state index contributed by atoms with van der Waals surface area (Å²) in [6.07, 6.45) is 1.14. The summed E-state index contributed by atoms with van der Waals surface area (Å²) in [5, 5.41) is 9.15. The van der Waals surface area contributed by atoms with Crippen LogP contribution in [0, 0.1) is 12.8 Å². The first-order valence-electron chi connectivity index (χ1n) is 9.29. The SMILES string of the molecule is Cc1nc(C(C)(C)C)[nH]c(=O)c1C(=O)N(C)CC(=O)N1CCCC(C(=O)O)C1. The molecule has 2 rings (SSSR count). The first-order valence-corrected chi connectivity index (χ1v) is 9.29. The number of aromatic nitrogens is 2. The third-order valence-corrected chi connectivity index (χ3v) is 4.87. The van der Waals surface area contributed by atoms with Crippen molar-refractivity contribution in [3.05, 3.63) is 27.4 Å². The predicted molar refractivity (Wildman–Crippen MR) is 102 cm³/mol. The van der Waals surface area contributed by atoms with Crippen molar-refractivity contribution in [2.24, 2.45) is 5.92 Å². The standard InChI is InChI=1S/C19H28N4O5/c1-11-14(15(25)21-18(20-11)19(2,3)4)16(26)22(5)10-13(24)23-8-6-7-12(9-23)17(27)28/h12H,6-10H2,1-5H3,(H,27,28)(H,20,21,25). The van der Waals surface area contributed by atoms with Gasteiger partial charge in [0.05, 0.1) is 18.2 Å². The van der Waals surface area contributed by atoms with E-state index in [1.807, 2.05) is 20.8 Å². The van der Waals surface area contributed by atoms with Gasteiger partial charge < -0.3 is 19.9 Å². The van der Waals surface area contributed by atoms with Crippen LogP contribution in [0.4, 0.5) is 0 Å². The number of H-pyrrole nitrogens is 1. The van der Waals surface area contributed by atoms with Crippen LogP contribution in [0.2, 0.25) is 0 Å². The minimum atomic E-state index is -0.922. The number of rotatable bonds is 4. The zero-order valence-corrected chi connectivity index (χ0v) is 17.0. The summed E-state index contributed by atoms with van der Waals surface area (Å²) < 4.78 is 0. The molecule has 1 aromatic heterocycles. The fraction of sp³-hybridized carbons (Fsp3) is 0.632. The third kappa shape index (κ3) is 4.76. The van der Waals surface area contributed by atoms with E-state index in [0.29, 0.717) is 30.9 Å². The van der Waals surface area contributed by atoms with E-state index in [4.69, 9.17) is 5.11 Å². The van der Waals surface area contributed by atoms with E-state index in [9.17, 15) is 19.2 Å². The molecule has 1 fully saturated rings. The number of hydrogen-bond donors (Lipinski definition) is 2. The van der Waals surface area contributed by atoms with Crippen LogP contribution in [0.5, 0.6) is 0 Å². The van der Waals surface area contributed by atoms with Gasteiger partial charge in [0.15, 0.2) is 0 Å². The summed E-state index contributed by atoms with van der Waals surface area (Å²) in [6, 6.07) is 0. The van der Waals surface area contributed by atoms with E-state index in [-0.39, 0.29) is 30.0 Å². The van der Waals surface area contributed by atoms with Gasteiger partial charge >= 0.3 is 5.97 Å².